The summed E-state index contributed by atoms with van der Waals surface area (Å²) in [5, 5.41) is 13.0. The normalized spacial score (nSPS) is 11.6. The third kappa shape index (κ3) is 3.56. The van der Waals surface area contributed by atoms with Crippen LogP contribution in [0.1, 0.15) is 21.7 Å². The molecule has 0 unspecified atom stereocenters. The number of non-ortho nitro benzene ring substituents is 1. The highest BCUT2D eigenvalue weighted by Crippen LogP contribution is 2.33. The van der Waals surface area contributed by atoms with E-state index in [1.807, 2.05) is 0 Å². The minimum Gasteiger partial charge on any atom is -0.320 e. The van der Waals surface area contributed by atoms with Gasteiger partial charge in [-0.1, -0.05) is 17.7 Å². The zero-order chi connectivity index (χ0) is 19.9. The summed E-state index contributed by atoms with van der Waals surface area (Å²) in [4.78, 5) is 26.8. The van der Waals surface area contributed by atoms with Gasteiger partial charge >= 0.3 is 6.18 Å². The lowest BCUT2D eigenvalue weighted by molar-refractivity contribution is -0.384. The lowest BCUT2D eigenvalue weighted by Crippen LogP contribution is -2.16. The maximum atomic E-state index is 13.0. The number of hydrogen-bond donors (Lipinski definition) is 1. The summed E-state index contributed by atoms with van der Waals surface area (Å²) in [5.74, 6) is -0.782. The first-order chi connectivity index (χ1) is 12.6. The average Bonchev–Trinajstić information content (AvgIpc) is 2.91. The maximum absolute atomic E-state index is 13.0. The molecule has 7 nitrogen and oxygen atoms in total. The van der Waals surface area contributed by atoms with Crippen LogP contribution >= 0.6 is 11.6 Å². The molecule has 0 saturated heterocycles. The Labute approximate surface area is 154 Å². The molecule has 11 heteroatoms. The van der Waals surface area contributed by atoms with E-state index in [0.717, 1.165) is 22.7 Å². The molecule has 2 aromatic heterocycles. The third-order valence-corrected chi connectivity index (χ3v) is 3.98. The van der Waals surface area contributed by atoms with E-state index in [1.165, 1.54) is 25.1 Å². The van der Waals surface area contributed by atoms with Crippen LogP contribution in [-0.2, 0) is 6.18 Å². The largest absolute Gasteiger partial charge is 0.417 e. The van der Waals surface area contributed by atoms with Gasteiger partial charge in [-0.2, -0.15) is 13.2 Å². The highest BCUT2D eigenvalue weighted by molar-refractivity contribution is 6.33. The molecular weight excluding hydrogens is 389 g/mol. The Morgan fingerprint density at radius 3 is 2.67 bits per heavy atom. The molecule has 0 saturated carbocycles. The molecule has 1 aromatic carbocycles. The Morgan fingerprint density at radius 2 is 2.04 bits per heavy atom. The van der Waals surface area contributed by atoms with Crippen molar-refractivity contribution in [2.24, 2.45) is 0 Å². The van der Waals surface area contributed by atoms with E-state index in [4.69, 9.17) is 11.6 Å². The summed E-state index contributed by atoms with van der Waals surface area (Å²) < 4.78 is 40.1. The van der Waals surface area contributed by atoms with E-state index >= 15 is 0 Å². The predicted molar refractivity (Wildman–Crippen MR) is 91.0 cm³/mol. The minimum absolute atomic E-state index is 0.00800. The Kier molecular flexibility index (Phi) is 4.52. The number of carbonyl (C=O) groups is 1. The fourth-order valence-electron chi connectivity index (χ4n) is 2.53. The Bertz CT molecular complexity index is 1080. The van der Waals surface area contributed by atoms with Crippen molar-refractivity contribution in [3.05, 3.63) is 68.6 Å². The predicted octanol–water partition coefficient (Wildman–Crippen LogP) is 4.48. The molecule has 140 valence electrons. The third-order valence-electron chi connectivity index (χ3n) is 3.71. The van der Waals surface area contributed by atoms with Crippen molar-refractivity contribution in [2.75, 3.05) is 5.32 Å². The van der Waals surface area contributed by atoms with Crippen molar-refractivity contribution in [3.63, 3.8) is 0 Å². The molecule has 3 rings (SSSR count). The van der Waals surface area contributed by atoms with Gasteiger partial charge in [-0.15, -0.1) is 0 Å². The van der Waals surface area contributed by atoms with Crippen LogP contribution in [0.2, 0.25) is 5.02 Å². The number of nitro groups is 1. The fourth-order valence-corrected chi connectivity index (χ4v) is 2.78. The number of imidazole rings is 1. The van der Waals surface area contributed by atoms with E-state index in [2.05, 4.69) is 10.3 Å². The van der Waals surface area contributed by atoms with Crippen LogP contribution in [0.4, 0.5) is 24.5 Å². The summed E-state index contributed by atoms with van der Waals surface area (Å²) in [6, 6.07) is 5.88. The Morgan fingerprint density at radius 1 is 1.33 bits per heavy atom. The molecule has 0 radical (unpaired) electrons. The van der Waals surface area contributed by atoms with Crippen molar-refractivity contribution >= 4 is 34.5 Å². The van der Waals surface area contributed by atoms with Gasteiger partial charge in [0.15, 0.2) is 5.65 Å². The SMILES string of the molecule is Cc1nc2c(Cl)cc(C(F)(F)F)cn2c1C(=O)Nc1cccc([N+](=O)[O-])c1. The molecule has 1 amide bonds. The first-order valence-corrected chi connectivity index (χ1v) is 7.77. The van der Waals surface area contributed by atoms with E-state index < -0.39 is 22.6 Å². The summed E-state index contributed by atoms with van der Waals surface area (Å²) in [5.41, 5.74) is -1.19. The van der Waals surface area contributed by atoms with Gasteiger partial charge in [0.05, 0.1) is 21.2 Å². The lowest BCUT2D eigenvalue weighted by atomic mass is 10.2. The first kappa shape index (κ1) is 18.6. The number of nitrogens with one attached hydrogen (secondary N) is 1. The van der Waals surface area contributed by atoms with Crippen LogP contribution in [0.3, 0.4) is 0 Å². The number of nitrogens with zero attached hydrogens (tertiary/aromatic N) is 3. The van der Waals surface area contributed by atoms with Crippen LogP contribution in [0.15, 0.2) is 36.5 Å². The van der Waals surface area contributed by atoms with Crippen molar-refractivity contribution in [3.8, 4) is 0 Å². The zero-order valence-electron chi connectivity index (χ0n) is 13.5. The van der Waals surface area contributed by atoms with Crippen molar-refractivity contribution < 1.29 is 22.9 Å². The second kappa shape index (κ2) is 6.54. The van der Waals surface area contributed by atoms with Crippen LogP contribution in [-0.4, -0.2) is 20.2 Å². The van der Waals surface area contributed by atoms with Crippen LogP contribution in [0.5, 0.6) is 0 Å². The van der Waals surface area contributed by atoms with Gasteiger partial charge in [0.2, 0.25) is 0 Å². The van der Waals surface area contributed by atoms with E-state index in [1.54, 1.807) is 0 Å². The van der Waals surface area contributed by atoms with Gasteiger partial charge in [0.1, 0.15) is 5.69 Å². The standard InChI is InChI=1S/C16H10ClF3N4O3/c1-8-13(15(25)22-10-3-2-4-11(6-10)24(26)27)23-7-9(16(18,19)20)5-12(17)14(23)21-8/h2-7H,1H3,(H,22,25). The number of carbonyl (C=O) groups excluding carboxylic acids is 1. The van der Waals surface area contributed by atoms with Crippen molar-refractivity contribution in [2.45, 2.75) is 13.1 Å². The molecule has 0 aliphatic rings. The molecule has 0 spiro atoms. The molecule has 27 heavy (non-hydrogen) atoms. The number of pyridine rings is 1. The van der Waals surface area contributed by atoms with E-state index in [0.29, 0.717) is 0 Å². The second-order valence-electron chi connectivity index (χ2n) is 5.58. The molecule has 0 aliphatic heterocycles. The number of alkyl halides is 3. The number of fused-ring (bicyclic) bond motifs is 1. The molecular formula is C16H10ClF3N4O3. The quantitative estimate of drug-likeness (QED) is 0.520. The van der Waals surface area contributed by atoms with Gasteiger partial charge in [-0.3, -0.25) is 19.3 Å². The second-order valence-corrected chi connectivity index (χ2v) is 5.98. The summed E-state index contributed by atoms with van der Waals surface area (Å²) in [6.45, 7) is 1.44. The number of aromatic nitrogens is 2. The summed E-state index contributed by atoms with van der Waals surface area (Å²) in [6.07, 6.45) is -3.94. The number of amides is 1. The molecule has 2 heterocycles. The summed E-state index contributed by atoms with van der Waals surface area (Å²) >= 11 is 5.88. The smallest absolute Gasteiger partial charge is 0.320 e. The molecule has 0 atom stereocenters. The number of nitro benzene ring substituents is 1. The Hall–Kier alpha value is -3.14. The number of benzene rings is 1. The monoisotopic (exact) mass is 398 g/mol. The van der Waals surface area contributed by atoms with Gasteiger partial charge in [0, 0.05) is 24.0 Å². The van der Waals surface area contributed by atoms with E-state index in [9.17, 15) is 28.1 Å². The lowest BCUT2D eigenvalue weighted by Gasteiger charge is -2.10. The molecule has 0 fully saturated rings. The number of halogens is 4. The van der Waals surface area contributed by atoms with Crippen LogP contribution in [0.25, 0.3) is 5.65 Å². The number of hydrogen-bond acceptors (Lipinski definition) is 4. The number of aryl methyl sites for hydroxylation is 1. The number of rotatable bonds is 3. The highest BCUT2D eigenvalue weighted by Gasteiger charge is 2.33. The molecule has 3 aromatic rings. The highest BCUT2D eigenvalue weighted by atomic mass is 35.5. The topological polar surface area (TPSA) is 89.5 Å². The van der Waals surface area contributed by atoms with Crippen LogP contribution < -0.4 is 5.32 Å². The van der Waals surface area contributed by atoms with E-state index in [-0.39, 0.29) is 33.4 Å². The zero-order valence-corrected chi connectivity index (χ0v) is 14.3. The average molecular weight is 399 g/mol. The van der Waals surface area contributed by atoms with Crippen molar-refractivity contribution in [1.82, 2.24) is 9.38 Å². The fraction of sp³-hybridized carbons (Fsp3) is 0.125. The Balaban J connectivity index is 2.06. The summed E-state index contributed by atoms with van der Waals surface area (Å²) in [7, 11) is 0. The first-order valence-electron chi connectivity index (χ1n) is 7.39. The number of anilines is 1. The molecule has 0 aliphatic carbocycles. The van der Waals surface area contributed by atoms with Crippen LogP contribution in [0, 0.1) is 17.0 Å². The maximum Gasteiger partial charge on any atom is 0.417 e. The van der Waals surface area contributed by atoms with Gasteiger partial charge in [-0.05, 0) is 19.1 Å². The van der Waals surface area contributed by atoms with Gasteiger partial charge < -0.3 is 5.32 Å². The molecule has 1 N–H and O–H groups in total. The van der Waals surface area contributed by atoms with Crippen molar-refractivity contribution in [1.29, 1.82) is 0 Å². The minimum atomic E-state index is -4.66. The van der Waals surface area contributed by atoms with Gasteiger partial charge in [-0.25, -0.2) is 4.98 Å². The molecule has 0 bridgehead atoms. The van der Waals surface area contributed by atoms with Gasteiger partial charge in [0.25, 0.3) is 11.6 Å².